The standard InChI is InChI=1S/C23H25N5S/c29-23-26-21(20-9-3-4-12-25-20)22(28(23)15-17-6-5-11-24-14-17)18-10-13-27(16-18)19-7-1-2-8-19/h3-6,9-14,16,19,21-22H,1-2,7-8,15H2,(H,26,29)/t21-,22+/m0/s1. The van der Waals surface area contributed by atoms with E-state index in [9.17, 15) is 0 Å². The van der Waals surface area contributed by atoms with Gasteiger partial charge in [-0.1, -0.05) is 25.0 Å². The Balaban J connectivity index is 1.50. The Kier molecular flexibility index (Phi) is 5.02. The summed E-state index contributed by atoms with van der Waals surface area (Å²) >= 11 is 5.77. The second-order valence-corrected chi connectivity index (χ2v) is 8.33. The van der Waals surface area contributed by atoms with Gasteiger partial charge in [-0.3, -0.25) is 9.97 Å². The van der Waals surface area contributed by atoms with E-state index in [4.69, 9.17) is 12.2 Å². The maximum absolute atomic E-state index is 5.77. The highest BCUT2D eigenvalue weighted by molar-refractivity contribution is 7.80. The van der Waals surface area contributed by atoms with Crippen molar-refractivity contribution in [2.75, 3.05) is 0 Å². The SMILES string of the molecule is S=C1N[C@@H](c2ccccn2)[C@@H](c2ccn(C3CCCC3)c2)N1Cc1cccnc1. The van der Waals surface area contributed by atoms with Crippen molar-refractivity contribution in [3.8, 4) is 0 Å². The third-order valence-corrected chi connectivity index (χ3v) is 6.45. The Labute approximate surface area is 176 Å². The van der Waals surface area contributed by atoms with Crippen LogP contribution in [0.25, 0.3) is 0 Å². The molecule has 1 N–H and O–H groups in total. The monoisotopic (exact) mass is 403 g/mol. The lowest BCUT2D eigenvalue weighted by atomic mass is 9.99. The molecule has 0 bridgehead atoms. The van der Waals surface area contributed by atoms with Gasteiger partial charge in [-0.05, 0) is 60.5 Å². The Hall–Kier alpha value is -2.73. The molecule has 2 aliphatic rings. The summed E-state index contributed by atoms with van der Waals surface area (Å²) in [5, 5.41) is 4.30. The van der Waals surface area contributed by atoms with Gasteiger partial charge in [0.25, 0.3) is 0 Å². The number of nitrogens with zero attached hydrogens (tertiary/aromatic N) is 4. The van der Waals surface area contributed by atoms with Gasteiger partial charge in [0.2, 0.25) is 0 Å². The molecule has 6 heteroatoms. The van der Waals surface area contributed by atoms with Crippen LogP contribution in [0.3, 0.4) is 0 Å². The molecular weight excluding hydrogens is 378 g/mol. The van der Waals surface area contributed by atoms with E-state index in [1.54, 1.807) is 6.20 Å². The molecule has 1 saturated heterocycles. The van der Waals surface area contributed by atoms with Gasteiger partial charge in [-0.2, -0.15) is 0 Å². The molecule has 2 fully saturated rings. The molecule has 0 spiro atoms. The van der Waals surface area contributed by atoms with Crippen LogP contribution in [0.2, 0.25) is 0 Å². The lowest BCUT2D eigenvalue weighted by Gasteiger charge is -2.27. The average molecular weight is 404 g/mol. The number of nitrogens with one attached hydrogen (secondary N) is 1. The summed E-state index contributed by atoms with van der Waals surface area (Å²) in [7, 11) is 0. The van der Waals surface area contributed by atoms with Gasteiger partial charge >= 0.3 is 0 Å². The van der Waals surface area contributed by atoms with Crippen LogP contribution in [0.1, 0.15) is 60.6 Å². The maximum atomic E-state index is 5.77. The summed E-state index contributed by atoms with van der Waals surface area (Å²) in [5.41, 5.74) is 3.45. The van der Waals surface area contributed by atoms with Gasteiger partial charge in [0.1, 0.15) is 0 Å². The van der Waals surface area contributed by atoms with Crippen molar-refractivity contribution in [3.05, 3.63) is 84.2 Å². The fourth-order valence-electron chi connectivity index (χ4n) is 4.66. The Morgan fingerprint density at radius 1 is 1.07 bits per heavy atom. The van der Waals surface area contributed by atoms with Crippen molar-refractivity contribution in [1.82, 2.24) is 24.8 Å². The molecule has 5 nitrogen and oxygen atoms in total. The number of aromatic nitrogens is 3. The first-order valence-electron chi connectivity index (χ1n) is 10.3. The zero-order valence-corrected chi connectivity index (χ0v) is 17.1. The van der Waals surface area contributed by atoms with E-state index >= 15 is 0 Å². The average Bonchev–Trinajstić information content (AvgIpc) is 3.50. The van der Waals surface area contributed by atoms with E-state index in [2.05, 4.69) is 55.3 Å². The lowest BCUT2D eigenvalue weighted by Crippen LogP contribution is -2.29. The predicted molar refractivity (Wildman–Crippen MR) is 117 cm³/mol. The summed E-state index contributed by atoms with van der Waals surface area (Å²) in [6.07, 6.45) is 15.3. The molecule has 148 valence electrons. The first-order valence-corrected chi connectivity index (χ1v) is 10.7. The summed E-state index contributed by atoms with van der Waals surface area (Å²) in [6.45, 7) is 0.724. The van der Waals surface area contributed by atoms with Crippen LogP contribution >= 0.6 is 12.2 Å². The van der Waals surface area contributed by atoms with Crippen LogP contribution in [-0.2, 0) is 6.54 Å². The Bertz CT molecular complexity index is 965. The normalized spacial score (nSPS) is 22.2. The molecule has 0 radical (unpaired) electrons. The molecule has 1 saturated carbocycles. The van der Waals surface area contributed by atoms with Crippen molar-refractivity contribution >= 4 is 17.3 Å². The molecular formula is C23H25N5S. The number of pyridine rings is 2. The van der Waals surface area contributed by atoms with Crippen molar-refractivity contribution in [2.45, 2.75) is 50.4 Å². The van der Waals surface area contributed by atoms with Gasteiger partial charge in [-0.15, -0.1) is 0 Å². The second-order valence-electron chi connectivity index (χ2n) is 7.95. The van der Waals surface area contributed by atoms with Crippen molar-refractivity contribution < 1.29 is 0 Å². The van der Waals surface area contributed by atoms with Gasteiger partial charge in [-0.25, -0.2) is 0 Å². The molecule has 0 unspecified atom stereocenters. The van der Waals surface area contributed by atoms with Gasteiger partial charge in [0.15, 0.2) is 5.11 Å². The molecule has 3 aromatic rings. The highest BCUT2D eigenvalue weighted by Crippen LogP contribution is 2.40. The minimum Gasteiger partial charge on any atom is -0.352 e. The largest absolute Gasteiger partial charge is 0.352 e. The van der Waals surface area contributed by atoms with E-state index in [0.717, 1.165) is 22.9 Å². The van der Waals surface area contributed by atoms with E-state index in [1.165, 1.54) is 31.2 Å². The fraction of sp³-hybridized carbons (Fsp3) is 0.348. The summed E-state index contributed by atoms with van der Waals surface area (Å²) in [6, 6.07) is 13.2. The van der Waals surface area contributed by atoms with Crippen LogP contribution in [0.4, 0.5) is 0 Å². The highest BCUT2D eigenvalue weighted by atomic mass is 32.1. The zero-order valence-electron chi connectivity index (χ0n) is 16.3. The molecule has 29 heavy (non-hydrogen) atoms. The van der Waals surface area contributed by atoms with Crippen LogP contribution in [0, 0.1) is 0 Å². The van der Waals surface area contributed by atoms with Gasteiger partial charge in [0.05, 0.1) is 17.8 Å². The molecule has 3 aromatic heterocycles. The number of thiocarbonyl (C=S) groups is 1. The van der Waals surface area contributed by atoms with Gasteiger partial charge < -0.3 is 14.8 Å². The Morgan fingerprint density at radius 2 is 1.97 bits per heavy atom. The third kappa shape index (κ3) is 3.65. The number of rotatable bonds is 5. The predicted octanol–water partition coefficient (Wildman–Crippen LogP) is 4.57. The van der Waals surface area contributed by atoms with Crippen LogP contribution in [0.15, 0.2) is 67.4 Å². The smallest absolute Gasteiger partial charge is 0.170 e. The van der Waals surface area contributed by atoms with E-state index in [0.29, 0.717) is 6.04 Å². The fourth-order valence-corrected chi connectivity index (χ4v) is 4.97. The summed E-state index contributed by atoms with van der Waals surface area (Å²) in [5.74, 6) is 0. The van der Waals surface area contributed by atoms with Gasteiger partial charge in [0, 0.05) is 43.6 Å². The minimum atomic E-state index is 0.0276. The van der Waals surface area contributed by atoms with Crippen LogP contribution in [-0.4, -0.2) is 24.5 Å². The minimum absolute atomic E-state index is 0.0276. The number of hydrogen-bond donors (Lipinski definition) is 1. The summed E-state index contributed by atoms with van der Waals surface area (Å²) in [4.78, 5) is 11.2. The first kappa shape index (κ1) is 18.3. The number of hydrogen-bond acceptors (Lipinski definition) is 3. The van der Waals surface area contributed by atoms with E-state index in [1.807, 2.05) is 30.6 Å². The topological polar surface area (TPSA) is 46.0 Å². The highest BCUT2D eigenvalue weighted by Gasteiger charge is 2.40. The lowest BCUT2D eigenvalue weighted by molar-refractivity contribution is 0.310. The molecule has 0 aromatic carbocycles. The third-order valence-electron chi connectivity index (χ3n) is 6.10. The van der Waals surface area contributed by atoms with E-state index in [-0.39, 0.29) is 12.1 Å². The van der Waals surface area contributed by atoms with Crippen molar-refractivity contribution in [1.29, 1.82) is 0 Å². The second kappa shape index (κ2) is 7.95. The molecule has 2 atom stereocenters. The van der Waals surface area contributed by atoms with Crippen molar-refractivity contribution in [2.24, 2.45) is 0 Å². The quantitative estimate of drug-likeness (QED) is 0.633. The van der Waals surface area contributed by atoms with Crippen LogP contribution < -0.4 is 5.32 Å². The molecule has 1 aliphatic heterocycles. The first-order chi connectivity index (χ1) is 14.3. The molecule has 4 heterocycles. The van der Waals surface area contributed by atoms with Crippen LogP contribution in [0.5, 0.6) is 0 Å². The Morgan fingerprint density at radius 3 is 2.72 bits per heavy atom. The zero-order chi connectivity index (χ0) is 19.6. The molecule has 1 aliphatic carbocycles. The maximum Gasteiger partial charge on any atom is 0.170 e. The van der Waals surface area contributed by atoms with E-state index < -0.39 is 0 Å². The molecule has 5 rings (SSSR count). The summed E-state index contributed by atoms with van der Waals surface area (Å²) < 4.78 is 2.40. The van der Waals surface area contributed by atoms with Crippen molar-refractivity contribution in [3.63, 3.8) is 0 Å². The molecule has 0 amide bonds.